The van der Waals surface area contributed by atoms with Gasteiger partial charge in [-0.2, -0.15) is 4.31 Å². The van der Waals surface area contributed by atoms with Crippen LogP contribution in [-0.2, 0) is 29.0 Å². The number of hydrogen-bond acceptors (Lipinski definition) is 7. The second kappa shape index (κ2) is 14.4. The Balaban J connectivity index is 1.56. The zero-order valence-corrected chi connectivity index (χ0v) is 23.6. The first kappa shape index (κ1) is 29.8. The van der Waals surface area contributed by atoms with Crippen LogP contribution in [0.25, 0.3) is 0 Å². The van der Waals surface area contributed by atoms with E-state index in [2.05, 4.69) is 11.5 Å². The van der Waals surface area contributed by atoms with Gasteiger partial charge in [0.25, 0.3) is 0 Å². The van der Waals surface area contributed by atoms with Crippen LogP contribution in [0, 0.1) is 0 Å². The third kappa shape index (κ3) is 7.89. The van der Waals surface area contributed by atoms with Gasteiger partial charge in [-0.05, 0) is 69.8 Å². The van der Waals surface area contributed by atoms with E-state index in [1.54, 1.807) is 19.1 Å². The van der Waals surface area contributed by atoms with Crippen LogP contribution >= 0.6 is 0 Å². The Hall–Kier alpha value is -1.72. The quantitative estimate of drug-likeness (QED) is 0.295. The van der Waals surface area contributed by atoms with Gasteiger partial charge in [-0.1, -0.05) is 19.9 Å². The van der Waals surface area contributed by atoms with Crippen molar-refractivity contribution < 1.29 is 27.4 Å². The second-order valence-corrected chi connectivity index (χ2v) is 11.9. The third-order valence-electron chi connectivity index (χ3n) is 7.61. The fraction of sp³-hybridized carbons (Fsp3) is 0.741. The summed E-state index contributed by atoms with van der Waals surface area (Å²) in [4.78, 5) is 17.6. The summed E-state index contributed by atoms with van der Waals surface area (Å²) in [5, 5.41) is 0. The van der Waals surface area contributed by atoms with Gasteiger partial charge in [0.1, 0.15) is 12.4 Å². The van der Waals surface area contributed by atoms with Gasteiger partial charge < -0.3 is 24.0 Å². The van der Waals surface area contributed by atoms with Crippen molar-refractivity contribution in [1.29, 1.82) is 0 Å². The van der Waals surface area contributed by atoms with E-state index in [1.807, 2.05) is 11.8 Å². The smallest absolute Gasteiger partial charge is 0.248 e. The zero-order valence-electron chi connectivity index (χ0n) is 22.8. The SMILES string of the molecule is C=C/C(=C\C(C)=C(/CC)S(=O)(=O)N1CCOC[C@H]1COCC(=O)N1CCC(N2CCCCC2)CC1)OC. The Bertz CT molecular complexity index is 934. The van der Waals surface area contributed by atoms with Crippen LogP contribution < -0.4 is 0 Å². The highest BCUT2D eigenvalue weighted by atomic mass is 32.2. The number of rotatable bonds is 11. The summed E-state index contributed by atoms with van der Waals surface area (Å²) < 4.78 is 45.3. The minimum atomic E-state index is -3.75. The van der Waals surface area contributed by atoms with Crippen LogP contribution in [0.1, 0.15) is 52.4 Å². The summed E-state index contributed by atoms with van der Waals surface area (Å²) in [5.74, 6) is 0.467. The van der Waals surface area contributed by atoms with Crippen molar-refractivity contribution in [2.24, 2.45) is 0 Å². The number of ether oxygens (including phenoxy) is 3. The number of sulfonamides is 1. The van der Waals surface area contributed by atoms with Crippen molar-refractivity contribution in [1.82, 2.24) is 14.1 Å². The van der Waals surface area contributed by atoms with Gasteiger partial charge in [-0.3, -0.25) is 4.79 Å². The van der Waals surface area contributed by atoms with Crippen molar-refractivity contribution in [3.8, 4) is 0 Å². The van der Waals surface area contributed by atoms with E-state index in [-0.39, 0.29) is 32.3 Å². The van der Waals surface area contributed by atoms with Crippen LogP contribution in [0.3, 0.4) is 0 Å². The largest absolute Gasteiger partial charge is 0.497 e. The maximum absolute atomic E-state index is 13.6. The molecule has 1 atom stereocenters. The normalized spacial score (nSPS) is 24.0. The predicted octanol–water partition coefficient (Wildman–Crippen LogP) is 2.91. The fourth-order valence-corrected chi connectivity index (χ4v) is 7.47. The molecule has 10 heteroatoms. The van der Waals surface area contributed by atoms with E-state index >= 15 is 0 Å². The van der Waals surface area contributed by atoms with Crippen molar-refractivity contribution >= 4 is 15.9 Å². The van der Waals surface area contributed by atoms with Crippen molar-refractivity contribution in [2.45, 2.75) is 64.5 Å². The van der Waals surface area contributed by atoms with Crippen LogP contribution in [-0.4, -0.2) is 107 Å². The lowest BCUT2D eigenvalue weighted by molar-refractivity contribution is -0.138. The van der Waals surface area contributed by atoms with Gasteiger partial charge in [0.05, 0.1) is 37.9 Å². The van der Waals surface area contributed by atoms with Gasteiger partial charge in [-0.25, -0.2) is 8.42 Å². The minimum absolute atomic E-state index is 0.0325. The topological polar surface area (TPSA) is 88.6 Å². The number of allylic oxidation sites excluding steroid dienone is 4. The molecule has 0 radical (unpaired) electrons. The van der Waals surface area contributed by atoms with Crippen LogP contribution in [0.15, 0.2) is 35.0 Å². The van der Waals surface area contributed by atoms with Gasteiger partial charge in [0, 0.05) is 25.7 Å². The Morgan fingerprint density at radius 3 is 2.43 bits per heavy atom. The number of likely N-dealkylation sites (tertiary alicyclic amines) is 2. The van der Waals surface area contributed by atoms with E-state index < -0.39 is 16.1 Å². The molecule has 9 nitrogen and oxygen atoms in total. The maximum atomic E-state index is 13.6. The molecule has 1 amide bonds. The van der Waals surface area contributed by atoms with E-state index in [9.17, 15) is 13.2 Å². The molecule has 0 spiro atoms. The molecule has 3 fully saturated rings. The molecule has 3 aliphatic heterocycles. The number of hydrogen-bond donors (Lipinski definition) is 0. The molecule has 0 aliphatic carbocycles. The van der Waals surface area contributed by atoms with E-state index in [0.717, 1.165) is 25.9 Å². The zero-order chi connectivity index (χ0) is 26.8. The lowest BCUT2D eigenvalue weighted by Crippen LogP contribution is -2.51. The Morgan fingerprint density at radius 2 is 1.81 bits per heavy atom. The van der Waals surface area contributed by atoms with Crippen molar-refractivity contribution in [3.63, 3.8) is 0 Å². The molecule has 0 aromatic heterocycles. The molecule has 0 saturated carbocycles. The molecule has 3 aliphatic rings. The molecule has 0 aromatic rings. The highest BCUT2D eigenvalue weighted by Gasteiger charge is 2.36. The lowest BCUT2D eigenvalue weighted by Gasteiger charge is -2.40. The summed E-state index contributed by atoms with van der Waals surface area (Å²) >= 11 is 0. The first-order chi connectivity index (χ1) is 17.8. The van der Waals surface area contributed by atoms with E-state index in [4.69, 9.17) is 14.2 Å². The average molecular weight is 540 g/mol. The van der Waals surface area contributed by atoms with Gasteiger partial charge >= 0.3 is 0 Å². The molecule has 210 valence electrons. The van der Waals surface area contributed by atoms with E-state index in [0.29, 0.717) is 35.3 Å². The average Bonchev–Trinajstić information content (AvgIpc) is 2.92. The predicted molar refractivity (Wildman–Crippen MR) is 144 cm³/mol. The fourth-order valence-electron chi connectivity index (χ4n) is 5.53. The van der Waals surface area contributed by atoms with Crippen LogP contribution in [0.4, 0.5) is 0 Å². The van der Waals surface area contributed by atoms with Crippen molar-refractivity contribution in [3.05, 3.63) is 35.0 Å². The standard InChI is InChI=1S/C27H45N3O6S/c1-5-25(34-4)18-22(3)26(6-2)37(32,33)30-16-17-35-19-24(30)20-36-21-27(31)29-14-10-23(11-15-29)28-12-8-7-9-13-28/h5,18,23-24H,1,6-17,19-21H2,2-4H3/b25-18+,26-22+/t24-/m0/s1. The number of carbonyl (C=O) groups excluding carboxylic acids is 1. The molecule has 0 N–H and O–H groups in total. The highest BCUT2D eigenvalue weighted by molar-refractivity contribution is 7.93. The van der Waals surface area contributed by atoms with Gasteiger partial charge in [-0.15, -0.1) is 0 Å². The molecule has 0 bridgehead atoms. The summed E-state index contributed by atoms with van der Waals surface area (Å²) in [7, 11) is -2.23. The van der Waals surface area contributed by atoms with Crippen molar-refractivity contribution in [2.75, 3.05) is 66.3 Å². The second-order valence-electron chi connectivity index (χ2n) is 9.98. The maximum Gasteiger partial charge on any atom is 0.248 e. The number of methoxy groups -OCH3 is 1. The van der Waals surface area contributed by atoms with Gasteiger partial charge in [0.15, 0.2) is 0 Å². The Morgan fingerprint density at radius 1 is 1.11 bits per heavy atom. The molecule has 3 rings (SSSR count). The van der Waals surface area contributed by atoms with Crippen LogP contribution in [0.5, 0.6) is 0 Å². The summed E-state index contributed by atoms with van der Waals surface area (Å²) in [5.41, 5.74) is 0.605. The monoisotopic (exact) mass is 539 g/mol. The number of piperidine rings is 2. The Labute approximate surface area is 223 Å². The minimum Gasteiger partial charge on any atom is -0.497 e. The summed E-state index contributed by atoms with van der Waals surface area (Å²) in [6, 6.07) is 0.0880. The van der Waals surface area contributed by atoms with E-state index in [1.165, 1.54) is 43.8 Å². The molecule has 3 heterocycles. The molecule has 0 aromatic carbocycles. The van der Waals surface area contributed by atoms with Crippen LogP contribution in [0.2, 0.25) is 0 Å². The number of morpholine rings is 1. The lowest BCUT2D eigenvalue weighted by atomic mass is 10.00. The molecular weight excluding hydrogens is 494 g/mol. The van der Waals surface area contributed by atoms with Gasteiger partial charge in [0.2, 0.25) is 15.9 Å². The molecule has 0 unspecified atom stereocenters. The molecular formula is C27H45N3O6S. The number of carbonyl (C=O) groups is 1. The number of amides is 1. The first-order valence-corrected chi connectivity index (χ1v) is 15.0. The summed E-state index contributed by atoms with van der Waals surface area (Å²) in [6.45, 7) is 12.0. The third-order valence-corrected chi connectivity index (χ3v) is 9.94. The first-order valence-electron chi connectivity index (χ1n) is 13.6. The summed E-state index contributed by atoms with van der Waals surface area (Å²) in [6.07, 6.45) is 9.46. The molecule has 37 heavy (non-hydrogen) atoms. The Kier molecular flexibility index (Phi) is 11.6. The number of nitrogens with zero attached hydrogens (tertiary/aromatic N) is 3. The molecule has 3 saturated heterocycles. The highest BCUT2D eigenvalue weighted by Crippen LogP contribution is 2.26.